The number of rotatable bonds is 2. The zero-order valence-corrected chi connectivity index (χ0v) is 16.1. The summed E-state index contributed by atoms with van der Waals surface area (Å²) in [4.78, 5) is 10.2. The highest BCUT2D eigenvalue weighted by molar-refractivity contribution is 5.96. The fraction of sp³-hybridized carbons (Fsp3) is 0.0385. The van der Waals surface area contributed by atoms with E-state index in [9.17, 15) is 15.0 Å². The van der Waals surface area contributed by atoms with Gasteiger partial charge in [-0.25, -0.2) is 0 Å². The molecule has 1 aliphatic heterocycles. The molecule has 0 aromatic heterocycles. The number of aliphatic hydroxyl groups is 1. The van der Waals surface area contributed by atoms with Crippen LogP contribution in [0.5, 0.6) is 11.5 Å². The molecule has 0 fully saturated rings. The Morgan fingerprint density at radius 1 is 0.833 bits per heavy atom. The largest absolute Gasteiger partial charge is 0.507 e. The molecule has 1 atom stereocenters. The molecule has 2 N–H and O–H groups in total. The van der Waals surface area contributed by atoms with Gasteiger partial charge in [-0.15, -0.1) is 0 Å². The van der Waals surface area contributed by atoms with Crippen molar-refractivity contribution in [1.82, 2.24) is 0 Å². The predicted octanol–water partition coefficient (Wildman–Crippen LogP) is 5.32. The van der Waals surface area contributed by atoms with Crippen molar-refractivity contribution in [2.75, 3.05) is 0 Å². The molecule has 1 heterocycles. The molecule has 0 bridgehead atoms. The van der Waals surface area contributed by atoms with Crippen molar-refractivity contribution in [2.24, 2.45) is 0 Å². The molecule has 4 heteroatoms. The number of allylic oxidation sites excluding steroid dienone is 1. The lowest BCUT2D eigenvalue weighted by Crippen LogP contribution is -2.15. The number of phenolic OH excluding ortho intramolecular Hbond substituents is 1. The van der Waals surface area contributed by atoms with Gasteiger partial charge in [0.25, 0.3) is 0 Å². The van der Waals surface area contributed by atoms with Gasteiger partial charge in [-0.1, -0.05) is 66.7 Å². The predicted molar refractivity (Wildman–Crippen MR) is 120 cm³/mol. The molecular formula is C26H20O4. The van der Waals surface area contributed by atoms with E-state index in [1.54, 1.807) is 24.3 Å². The minimum Gasteiger partial charge on any atom is -0.507 e. The topological polar surface area (TPSA) is 66.8 Å². The Labute approximate surface area is 174 Å². The molecule has 0 amide bonds. The third-order valence-electron chi connectivity index (χ3n) is 4.90. The van der Waals surface area contributed by atoms with E-state index in [-0.39, 0.29) is 5.75 Å². The Balaban J connectivity index is 0.000000145. The lowest BCUT2D eigenvalue weighted by Gasteiger charge is -2.18. The summed E-state index contributed by atoms with van der Waals surface area (Å²) in [5.41, 5.74) is 1.97. The maximum absolute atomic E-state index is 10.2. The fourth-order valence-corrected chi connectivity index (χ4v) is 3.49. The van der Waals surface area contributed by atoms with Crippen molar-refractivity contribution in [3.63, 3.8) is 0 Å². The van der Waals surface area contributed by atoms with Crippen molar-refractivity contribution >= 4 is 40.0 Å². The molecule has 5 rings (SSSR count). The van der Waals surface area contributed by atoms with Crippen molar-refractivity contribution in [3.8, 4) is 11.5 Å². The van der Waals surface area contributed by atoms with E-state index >= 15 is 0 Å². The second-order valence-corrected chi connectivity index (χ2v) is 6.78. The summed E-state index contributed by atoms with van der Waals surface area (Å²) in [5.74, 6) is 0.998. The molecule has 0 aliphatic carbocycles. The van der Waals surface area contributed by atoms with Crippen LogP contribution in [0.4, 0.5) is 0 Å². The molecule has 30 heavy (non-hydrogen) atoms. The molecule has 4 nitrogen and oxygen atoms in total. The van der Waals surface area contributed by atoms with Crippen LogP contribution in [0.25, 0.3) is 33.7 Å². The first-order valence-electron chi connectivity index (χ1n) is 9.54. The quantitative estimate of drug-likeness (QED) is 0.355. The summed E-state index contributed by atoms with van der Waals surface area (Å²) < 4.78 is 5.31. The smallest absolute Gasteiger partial charge is 0.217 e. The normalized spacial score (nSPS) is 14.8. The lowest BCUT2D eigenvalue weighted by molar-refractivity contribution is -0.104. The Morgan fingerprint density at radius 2 is 1.57 bits per heavy atom. The number of hydrogen-bond acceptors (Lipinski definition) is 4. The molecule has 0 spiro atoms. The van der Waals surface area contributed by atoms with Gasteiger partial charge in [-0.2, -0.15) is 0 Å². The summed E-state index contributed by atoms with van der Waals surface area (Å²) in [6, 6.07) is 23.0. The van der Waals surface area contributed by atoms with Crippen molar-refractivity contribution in [2.45, 2.75) is 6.29 Å². The van der Waals surface area contributed by atoms with Crippen LogP contribution in [0.15, 0.2) is 84.9 Å². The monoisotopic (exact) mass is 396 g/mol. The summed E-state index contributed by atoms with van der Waals surface area (Å²) in [5, 5.41) is 23.0. The second-order valence-electron chi connectivity index (χ2n) is 6.78. The highest BCUT2D eigenvalue weighted by atomic mass is 16.6. The number of aldehydes is 1. The van der Waals surface area contributed by atoms with E-state index in [2.05, 4.69) is 12.1 Å². The summed E-state index contributed by atoms with van der Waals surface area (Å²) >= 11 is 0. The third-order valence-corrected chi connectivity index (χ3v) is 4.90. The van der Waals surface area contributed by atoms with E-state index in [1.807, 2.05) is 54.6 Å². The van der Waals surface area contributed by atoms with Gasteiger partial charge in [0.2, 0.25) is 6.29 Å². The lowest BCUT2D eigenvalue weighted by atomic mass is 10.0. The number of benzene rings is 4. The van der Waals surface area contributed by atoms with E-state index in [1.165, 1.54) is 11.5 Å². The van der Waals surface area contributed by atoms with Crippen LogP contribution in [0.2, 0.25) is 0 Å². The average molecular weight is 396 g/mol. The first-order chi connectivity index (χ1) is 14.7. The maximum Gasteiger partial charge on any atom is 0.217 e. The van der Waals surface area contributed by atoms with Gasteiger partial charge in [0.1, 0.15) is 17.8 Å². The fourth-order valence-electron chi connectivity index (χ4n) is 3.49. The highest BCUT2D eigenvalue weighted by Gasteiger charge is 2.13. The zero-order valence-electron chi connectivity index (χ0n) is 16.1. The number of carbonyl (C=O) groups excluding carboxylic acids is 1. The average Bonchev–Trinajstić information content (AvgIpc) is 2.79. The van der Waals surface area contributed by atoms with Gasteiger partial charge >= 0.3 is 0 Å². The van der Waals surface area contributed by atoms with Crippen molar-refractivity contribution in [3.05, 3.63) is 96.1 Å². The van der Waals surface area contributed by atoms with Crippen molar-refractivity contribution in [1.29, 1.82) is 0 Å². The zero-order chi connectivity index (χ0) is 20.9. The van der Waals surface area contributed by atoms with E-state index in [0.717, 1.165) is 39.3 Å². The van der Waals surface area contributed by atoms with E-state index < -0.39 is 6.29 Å². The molecule has 1 unspecified atom stereocenters. The summed E-state index contributed by atoms with van der Waals surface area (Å²) in [6.45, 7) is 0. The molecule has 0 saturated heterocycles. The van der Waals surface area contributed by atoms with Gasteiger partial charge in [0.15, 0.2) is 0 Å². The number of phenols is 1. The summed E-state index contributed by atoms with van der Waals surface area (Å²) in [7, 11) is 0. The Morgan fingerprint density at radius 3 is 2.37 bits per heavy atom. The molecule has 4 aromatic carbocycles. The van der Waals surface area contributed by atoms with Crippen LogP contribution in [-0.2, 0) is 4.79 Å². The van der Waals surface area contributed by atoms with Crippen molar-refractivity contribution < 1.29 is 19.7 Å². The third kappa shape index (κ3) is 3.95. The standard InChI is InChI=1S/2C13H10O2/c14-13-8-6-11-10-4-2-1-3-9(10)5-7-12(11)15-13;14-9-3-4-10-7-8-13(15)12-6-2-1-5-11(10)12/h1-8,13-14H;1-9,15H/b;4-3+. The SMILES string of the molecule is O=C/C=C/c1ccc(O)c2ccccc12.OC1C=Cc2c(ccc3ccccc23)O1. The van der Waals surface area contributed by atoms with Gasteiger partial charge in [0.05, 0.1) is 0 Å². The molecule has 1 aliphatic rings. The number of hydrogen-bond donors (Lipinski definition) is 2. The number of ether oxygens (including phenoxy) is 1. The highest BCUT2D eigenvalue weighted by Crippen LogP contribution is 2.32. The van der Waals surface area contributed by atoms with Crippen LogP contribution in [-0.4, -0.2) is 22.8 Å². The van der Waals surface area contributed by atoms with Gasteiger partial charge in [-0.05, 0) is 52.1 Å². The molecule has 148 valence electrons. The minimum absolute atomic E-state index is 0.258. The van der Waals surface area contributed by atoms with E-state index in [4.69, 9.17) is 4.74 Å². The van der Waals surface area contributed by atoms with Crippen LogP contribution in [0.1, 0.15) is 11.1 Å². The van der Waals surface area contributed by atoms with Gasteiger partial charge < -0.3 is 14.9 Å². The first kappa shape index (κ1) is 19.4. The Bertz CT molecular complexity index is 1270. The Hall–Kier alpha value is -3.89. The number of fused-ring (bicyclic) bond motifs is 4. The Kier molecular flexibility index (Phi) is 5.59. The van der Waals surface area contributed by atoms with Gasteiger partial charge in [0, 0.05) is 10.9 Å². The number of aromatic hydroxyl groups is 1. The van der Waals surface area contributed by atoms with Crippen LogP contribution >= 0.6 is 0 Å². The number of aliphatic hydroxyl groups excluding tert-OH is 1. The first-order valence-corrected chi connectivity index (χ1v) is 9.54. The minimum atomic E-state index is -0.821. The maximum atomic E-state index is 10.2. The molecular weight excluding hydrogens is 376 g/mol. The molecule has 0 radical (unpaired) electrons. The molecule has 0 saturated carbocycles. The number of carbonyl (C=O) groups is 1. The summed E-state index contributed by atoms with van der Waals surface area (Å²) in [6.07, 6.45) is 6.65. The van der Waals surface area contributed by atoms with E-state index in [0.29, 0.717) is 0 Å². The second kappa shape index (κ2) is 8.64. The molecule has 4 aromatic rings. The van der Waals surface area contributed by atoms with Gasteiger partial charge in [-0.3, -0.25) is 4.79 Å². The van der Waals surface area contributed by atoms with Crippen LogP contribution < -0.4 is 4.74 Å². The van der Waals surface area contributed by atoms with Crippen LogP contribution in [0, 0.1) is 0 Å². The van der Waals surface area contributed by atoms with Crippen LogP contribution in [0.3, 0.4) is 0 Å².